The lowest BCUT2D eigenvalue weighted by Gasteiger charge is -2.29. The molecule has 3 rings (SSSR count). The van der Waals surface area contributed by atoms with Crippen molar-refractivity contribution in [2.24, 2.45) is 16.8 Å². The van der Waals surface area contributed by atoms with Crippen molar-refractivity contribution in [1.82, 2.24) is 5.32 Å². The predicted octanol–water partition coefficient (Wildman–Crippen LogP) is 2.00. The van der Waals surface area contributed by atoms with Crippen LogP contribution < -0.4 is 10.9 Å². The Morgan fingerprint density at radius 1 is 1.25 bits per heavy atom. The minimum absolute atomic E-state index is 0.00787. The summed E-state index contributed by atoms with van der Waals surface area (Å²) in [4.78, 5) is 38.9. The number of carbonyl (C=O) groups excluding carboxylic acids is 2. The molecular formula is C18H16N2O4. The summed E-state index contributed by atoms with van der Waals surface area (Å²) in [5.74, 6) is -0.463. The Morgan fingerprint density at radius 2 is 2.04 bits per heavy atom. The van der Waals surface area contributed by atoms with Crippen molar-refractivity contribution >= 4 is 17.5 Å². The first-order valence-corrected chi connectivity index (χ1v) is 7.58. The zero-order valence-corrected chi connectivity index (χ0v) is 13.3. The van der Waals surface area contributed by atoms with E-state index in [1.54, 1.807) is 18.2 Å². The summed E-state index contributed by atoms with van der Waals surface area (Å²) in [6, 6.07) is 2.53. The van der Waals surface area contributed by atoms with E-state index < -0.39 is 11.5 Å². The first-order valence-electron chi connectivity index (χ1n) is 7.58. The van der Waals surface area contributed by atoms with Gasteiger partial charge in [0.05, 0.1) is 11.3 Å². The maximum atomic E-state index is 12.1. The SMILES string of the molecule is CC(C)C1=CC(=O)NC2=CC(=NC(=O)c3ccc(=O)oc3)C=CC21. The van der Waals surface area contributed by atoms with Gasteiger partial charge in [-0.05, 0) is 29.7 Å². The van der Waals surface area contributed by atoms with Gasteiger partial charge in [0.1, 0.15) is 6.26 Å². The number of rotatable bonds is 2. The van der Waals surface area contributed by atoms with Crippen LogP contribution >= 0.6 is 0 Å². The quantitative estimate of drug-likeness (QED) is 0.901. The Labute approximate surface area is 138 Å². The van der Waals surface area contributed by atoms with Gasteiger partial charge < -0.3 is 9.73 Å². The summed E-state index contributed by atoms with van der Waals surface area (Å²) in [7, 11) is 0. The maximum Gasteiger partial charge on any atom is 0.335 e. The molecule has 1 N–H and O–H groups in total. The molecule has 6 nitrogen and oxygen atoms in total. The van der Waals surface area contributed by atoms with Crippen LogP contribution in [-0.4, -0.2) is 17.5 Å². The molecule has 2 heterocycles. The highest BCUT2D eigenvalue weighted by molar-refractivity contribution is 6.14. The molecule has 0 spiro atoms. The second-order valence-corrected chi connectivity index (χ2v) is 5.91. The second-order valence-electron chi connectivity index (χ2n) is 5.91. The van der Waals surface area contributed by atoms with Gasteiger partial charge in [0.15, 0.2) is 0 Å². The van der Waals surface area contributed by atoms with E-state index in [-0.39, 0.29) is 23.3 Å². The molecule has 2 aliphatic rings. The molecule has 1 unspecified atom stereocenters. The van der Waals surface area contributed by atoms with E-state index in [1.807, 2.05) is 19.9 Å². The van der Waals surface area contributed by atoms with Gasteiger partial charge in [-0.1, -0.05) is 19.9 Å². The lowest BCUT2D eigenvalue weighted by Crippen LogP contribution is -2.34. The van der Waals surface area contributed by atoms with E-state index in [2.05, 4.69) is 14.7 Å². The monoisotopic (exact) mass is 324 g/mol. The molecular weight excluding hydrogens is 308 g/mol. The molecule has 0 saturated heterocycles. The van der Waals surface area contributed by atoms with Gasteiger partial charge in [0.2, 0.25) is 5.91 Å². The molecule has 1 atom stereocenters. The van der Waals surface area contributed by atoms with Crippen molar-refractivity contribution in [3.63, 3.8) is 0 Å². The molecule has 1 aliphatic heterocycles. The Hall–Kier alpha value is -3.02. The Balaban J connectivity index is 1.88. The molecule has 0 radical (unpaired) electrons. The second kappa shape index (κ2) is 6.23. The van der Waals surface area contributed by atoms with Crippen LogP contribution in [0, 0.1) is 11.8 Å². The van der Waals surface area contributed by atoms with Crippen molar-refractivity contribution in [3.05, 3.63) is 70.0 Å². The zero-order valence-electron chi connectivity index (χ0n) is 13.3. The first kappa shape index (κ1) is 15.9. The fourth-order valence-corrected chi connectivity index (χ4v) is 2.68. The number of nitrogens with one attached hydrogen (secondary N) is 1. The molecule has 24 heavy (non-hydrogen) atoms. The van der Waals surface area contributed by atoms with Gasteiger partial charge in [0.25, 0.3) is 5.91 Å². The fraction of sp³-hybridized carbons (Fsp3) is 0.222. The number of aliphatic imine (C=N–C) groups is 1. The minimum atomic E-state index is -0.528. The molecule has 1 aliphatic carbocycles. The van der Waals surface area contributed by atoms with Crippen LogP contribution in [0.15, 0.2) is 68.2 Å². The highest BCUT2D eigenvalue weighted by atomic mass is 16.4. The molecule has 122 valence electrons. The number of hydrogen-bond acceptors (Lipinski definition) is 4. The van der Waals surface area contributed by atoms with Crippen molar-refractivity contribution in [1.29, 1.82) is 0 Å². The van der Waals surface area contributed by atoms with Crippen LogP contribution in [0.4, 0.5) is 0 Å². The van der Waals surface area contributed by atoms with E-state index in [0.29, 0.717) is 11.4 Å². The van der Waals surface area contributed by atoms with Gasteiger partial charge >= 0.3 is 5.63 Å². The standard InChI is InChI=1S/C18H16N2O4/c1-10(2)14-8-16(21)20-15-7-12(4-5-13(14)15)19-18(23)11-3-6-17(22)24-9-11/h3-10,13H,1-2H3,(H,20,21). The fourth-order valence-electron chi connectivity index (χ4n) is 2.68. The zero-order chi connectivity index (χ0) is 17.3. The van der Waals surface area contributed by atoms with Crippen LogP contribution in [-0.2, 0) is 4.79 Å². The lowest BCUT2D eigenvalue weighted by atomic mass is 9.82. The van der Waals surface area contributed by atoms with Gasteiger partial charge in [-0.2, -0.15) is 0 Å². The number of carbonyl (C=O) groups is 2. The Kier molecular flexibility index (Phi) is 4.12. The third kappa shape index (κ3) is 3.17. The smallest absolute Gasteiger partial charge is 0.335 e. The normalized spacial score (nSPS) is 21.2. The third-order valence-electron chi connectivity index (χ3n) is 3.87. The molecule has 0 aromatic carbocycles. The molecule has 0 fully saturated rings. The molecule has 2 amide bonds. The van der Waals surface area contributed by atoms with Gasteiger partial charge in [-0.3, -0.25) is 9.59 Å². The third-order valence-corrected chi connectivity index (χ3v) is 3.87. The van der Waals surface area contributed by atoms with Crippen LogP contribution in [0.1, 0.15) is 24.2 Å². The van der Waals surface area contributed by atoms with Crippen LogP contribution in [0.25, 0.3) is 0 Å². The topological polar surface area (TPSA) is 88.7 Å². The summed E-state index contributed by atoms with van der Waals surface area (Å²) in [6.45, 7) is 4.07. The molecule has 0 saturated carbocycles. The highest BCUT2D eigenvalue weighted by Crippen LogP contribution is 2.31. The molecule has 0 bridgehead atoms. The van der Waals surface area contributed by atoms with E-state index in [9.17, 15) is 14.4 Å². The van der Waals surface area contributed by atoms with Crippen molar-refractivity contribution in [2.75, 3.05) is 0 Å². The average molecular weight is 324 g/mol. The summed E-state index contributed by atoms with van der Waals surface area (Å²) in [6.07, 6.45) is 8.06. The van der Waals surface area contributed by atoms with E-state index in [1.165, 1.54) is 12.1 Å². The van der Waals surface area contributed by atoms with E-state index in [4.69, 9.17) is 0 Å². The van der Waals surface area contributed by atoms with Crippen LogP contribution in [0.5, 0.6) is 0 Å². The minimum Gasteiger partial charge on any atom is -0.430 e. The van der Waals surface area contributed by atoms with Crippen molar-refractivity contribution in [2.45, 2.75) is 13.8 Å². The average Bonchev–Trinajstić information content (AvgIpc) is 2.54. The number of hydrogen-bond donors (Lipinski definition) is 1. The number of allylic oxidation sites excluding steroid dienone is 3. The molecule has 1 aromatic heterocycles. The summed E-state index contributed by atoms with van der Waals surface area (Å²) >= 11 is 0. The maximum absolute atomic E-state index is 12.1. The number of fused-ring (bicyclic) bond motifs is 1. The number of nitrogens with zero attached hydrogens (tertiary/aromatic N) is 1. The van der Waals surface area contributed by atoms with Crippen molar-refractivity contribution < 1.29 is 14.0 Å². The summed E-state index contributed by atoms with van der Waals surface area (Å²) < 4.78 is 4.67. The lowest BCUT2D eigenvalue weighted by molar-refractivity contribution is -0.116. The summed E-state index contributed by atoms with van der Waals surface area (Å²) in [5, 5.41) is 2.80. The highest BCUT2D eigenvalue weighted by Gasteiger charge is 2.27. The first-order chi connectivity index (χ1) is 11.4. The van der Waals surface area contributed by atoms with E-state index in [0.717, 1.165) is 11.8 Å². The van der Waals surface area contributed by atoms with Gasteiger partial charge in [-0.15, -0.1) is 0 Å². The largest absolute Gasteiger partial charge is 0.430 e. The van der Waals surface area contributed by atoms with E-state index >= 15 is 0 Å². The molecule has 1 aromatic rings. The van der Waals surface area contributed by atoms with Gasteiger partial charge in [-0.25, -0.2) is 9.79 Å². The summed E-state index contributed by atoms with van der Waals surface area (Å²) in [5.41, 5.74) is 1.82. The Morgan fingerprint density at radius 3 is 2.71 bits per heavy atom. The number of amides is 2. The predicted molar refractivity (Wildman–Crippen MR) is 88.5 cm³/mol. The van der Waals surface area contributed by atoms with Gasteiger partial charge in [0, 0.05) is 23.8 Å². The Bertz CT molecular complexity index is 864. The van der Waals surface area contributed by atoms with Crippen molar-refractivity contribution in [3.8, 4) is 0 Å². The van der Waals surface area contributed by atoms with Crippen LogP contribution in [0.2, 0.25) is 0 Å². The molecule has 6 heteroatoms. The van der Waals surface area contributed by atoms with Crippen LogP contribution in [0.3, 0.4) is 0 Å².